The van der Waals surface area contributed by atoms with Gasteiger partial charge in [0.25, 0.3) is 0 Å². The number of Topliss-reactive ketones (excluding diaryl/α,β-unsaturated/α-hetero) is 1. The van der Waals surface area contributed by atoms with E-state index in [1.165, 1.54) is 22.9 Å². The average molecular weight is 647 g/mol. The van der Waals surface area contributed by atoms with E-state index in [0.717, 1.165) is 0 Å². The number of fused-ring (bicyclic) bond motifs is 2. The van der Waals surface area contributed by atoms with Crippen LogP contribution in [-0.2, 0) is 30.3 Å². The molecule has 3 atom stereocenters. The molecule has 0 N–H and O–H groups in total. The van der Waals surface area contributed by atoms with Gasteiger partial charge in [-0.15, -0.1) is 0 Å². The van der Waals surface area contributed by atoms with E-state index in [0.29, 0.717) is 29.1 Å². The Kier molecular flexibility index (Phi) is 12.3. The van der Waals surface area contributed by atoms with Gasteiger partial charge in [-0.2, -0.15) is 4.73 Å². The first-order valence-corrected chi connectivity index (χ1v) is 15.2. The maximum atomic E-state index is 13.6. The number of cyclic esters (lactones) is 1. The summed E-state index contributed by atoms with van der Waals surface area (Å²) in [6, 6.07) is 3.20. The van der Waals surface area contributed by atoms with Crippen LogP contribution >= 0.6 is 0 Å². The van der Waals surface area contributed by atoms with Gasteiger partial charge >= 0.3 is 5.97 Å². The minimum Gasteiger partial charge on any atom is -0.492 e. The zero-order chi connectivity index (χ0) is 34.1. The number of imidazole rings is 1. The van der Waals surface area contributed by atoms with Gasteiger partial charge in [0.1, 0.15) is 43.7 Å². The molecule has 1 saturated heterocycles. The summed E-state index contributed by atoms with van der Waals surface area (Å²) in [5.74, 6) is -1.47. The van der Waals surface area contributed by atoms with E-state index in [1.54, 1.807) is 64.3 Å². The molecule has 248 valence electrons. The van der Waals surface area contributed by atoms with E-state index in [-0.39, 0.29) is 56.5 Å². The third-order valence-corrected chi connectivity index (χ3v) is 7.53. The normalized spacial score (nSPS) is 21.1. The second kappa shape index (κ2) is 16.2. The number of hydrogen-bond donors (Lipinski definition) is 0. The van der Waals surface area contributed by atoms with Crippen molar-refractivity contribution in [2.75, 3.05) is 33.6 Å². The summed E-state index contributed by atoms with van der Waals surface area (Å²) in [6.45, 7) is 6.99. The van der Waals surface area contributed by atoms with Crippen molar-refractivity contribution in [1.29, 1.82) is 0 Å². The number of amides is 1. The Balaban J connectivity index is 1.63. The van der Waals surface area contributed by atoms with Crippen LogP contribution in [0.4, 0.5) is 4.79 Å². The van der Waals surface area contributed by atoms with Gasteiger partial charge in [-0.3, -0.25) is 9.59 Å². The van der Waals surface area contributed by atoms with Crippen molar-refractivity contribution >= 4 is 39.3 Å². The standard InChI is InChI=1S/C32H39B2N3O10/c1-20-9-10-24(38)29-25(46-32(3,4)47-29)8-6-7-22-15-23(16-26(43-19-41-5)28(22)30(39)45-21(20)2)42-14-13-36(31(34)40)17-27-35-11-12-37(27)44-18-33/h6-7,9,11-12,15-16,21,25,29H,8,10,13-14,17-19H2,1-5H3/t21-,25-,29?/m0/s1. The van der Waals surface area contributed by atoms with Crippen LogP contribution in [0.15, 0.2) is 42.3 Å². The second-order valence-corrected chi connectivity index (χ2v) is 11.4. The van der Waals surface area contributed by atoms with Gasteiger partial charge in [-0.25, -0.2) is 9.78 Å². The molecule has 1 unspecified atom stereocenters. The summed E-state index contributed by atoms with van der Waals surface area (Å²) in [5.41, 5.74) is 1.29. The first-order chi connectivity index (χ1) is 22.4. The van der Waals surface area contributed by atoms with Gasteiger partial charge in [0, 0.05) is 25.8 Å². The molecule has 4 rings (SSSR count). The molecule has 2 aromatic rings. The number of esters is 1. The molecular formula is C32H39B2N3O10. The lowest BCUT2D eigenvalue weighted by Gasteiger charge is -2.22. The Morgan fingerprint density at radius 3 is 2.72 bits per heavy atom. The molecule has 2 aliphatic heterocycles. The number of aromatic nitrogens is 2. The molecule has 13 nitrogen and oxygen atoms in total. The summed E-state index contributed by atoms with van der Waals surface area (Å²) in [6.07, 6.45) is 6.82. The second-order valence-electron chi connectivity index (χ2n) is 11.4. The van der Waals surface area contributed by atoms with Crippen LogP contribution in [-0.4, -0.2) is 106 Å². The number of nitrogens with zero attached hydrogens (tertiary/aromatic N) is 3. The molecular weight excluding hydrogens is 608 g/mol. The Labute approximate surface area is 276 Å². The van der Waals surface area contributed by atoms with Crippen LogP contribution < -0.4 is 14.3 Å². The van der Waals surface area contributed by atoms with Gasteiger partial charge in [0.05, 0.1) is 31.9 Å². The van der Waals surface area contributed by atoms with Gasteiger partial charge in [-0.05, 0) is 51.3 Å². The Morgan fingerprint density at radius 1 is 1.21 bits per heavy atom. The summed E-state index contributed by atoms with van der Waals surface area (Å²) in [5, 5.41) is 0. The zero-order valence-corrected chi connectivity index (χ0v) is 27.3. The van der Waals surface area contributed by atoms with Crippen LogP contribution in [0.2, 0.25) is 0 Å². The van der Waals surface area contributed by atoms with E-state index in [9.17, 15) is 14.4 Å². The third-order valence-electron chi connectivity index (χ3n) is 7.53. The molecule has 0 bridgehead atoms. The molecule has 4 radical (unpaired) electrons. The molecule has 1 fully saturated rings. The number of methoxy groups -OCH3 is 1. The fourth-order valence-electron chi connectivity index (χ4n) is 5.09. The molecule has 0 saturated carbocycles. The highest BCUT2D eigenvalue weighted by molar-refractivity contribution is 6.56. The number of benzene rings is 1. The highest BCUT2D eigenvalue weighted by Crippen LogP contribution is 2.34. The Morgan fingerprint density at radius 2 is 2.00 bits per heavy atom. The predicted octanol–water partition coefficient (Wildman–Crippen LogP) is 2.98. The van der Waals surface area contributed by atoms with Gasteiger partial charge < -0.3 is 38.2 Å². The number of carbonyl (C=O) groups is 3. The highest BCUT2D eigenvalue weighted by atomic mass is 16.8. The molecule has 0 spiro atoms. The monoisotopic (exact) mass is 647 g/mol. The number of rotatable bonds is 11. The lowest BCUT2D eigenvalue weighted by Crippen LogP contribution is -2.34. The molecule has 2 aliphatic rings. The van der Waals surface area contributed by atoms with Crippen LogP contribution in [0, 0.1) is 0 Å². The molecule has 1 aromatic heterocycles. The number of allylic oxidation sites excluding steroid dienone is 1. The molecule has 0 aliphatic carbocycles. The maximum absolute atomic E-state index is 13.6. The molecule has 15 heteroatoms. The van der Waals surface area contributed by atoms with Crippen molar-refractivity contribution < 1.29 is 47.6 Å². The molecule has 3 heterocycles. The first-order valence-electron chi connectivity index (χ1n) is 15.2. The largest absolute Gasteiger partial charge is 0.492 e. The minimum atomic E-state index is -0.937. The van der Waals surface area contributed by atoms with Crippen LogP contribution in [0.1, 0.15) is 62.3 Å². The molecule has 1 aromatic carbocycles. The smallest absolute Gasteiger partial charge is 0.343 e. The first kappa shape index (κ1) is 35.8. The topological polar surface area (TPSA) is 137 Å². The zero-order valence-electron chi connectivity index (χ0n) is 27.3. The average Bonchev–Trinajstić information content (AvgIpc) is 3.59. The number of ketones is 1. The predicted molar refractivity (Wildman–Crippen MR) is 171 cm³/mol. The number of carbonyl (C=O) groups excluding carboxylic acids is 3. The van der Waals surface area contributed by atoms with Gasteiger partial charge in [-0.1, -0.05) is 18.2 Å². The molecule has 47 heavy (non-hydrogen) atoms. The number of ether oxygens (including phenoxy) is 6. The van der Waals surface area contributed by atoms with Gasteiger partial charge in [0.15, 0.2) is 30.0 Å². The van der Waals surface area contributed by atoms with E-state index in [1.807, 2.05) is 0 Å². The van der Waals surface area contributed by atoms with Crippen molar-refractivity contribution in [2.24, 2.45) is 0 Å². The van der Waals surface area contributed by atoms with Gasteiger partial charge in [0.2, 0.25) is 7.85 Å². The van der Waals surface area contributed by atoms with Crippen molar-refractivity contribution in [3.05, 3.63) is 59.2 Å². The van der Waals surface area contributed by atoms with Crippen LogP contribution in [0.3, 0.4) is 0 Å². The van der Waals surface area contributed by atoms with E-state index in [4.69, 9.17) is 49.0 Å². The Hall–Kier alpha value is -4.07. The fourth-order valence-corrected chi connectivity index (χ4v) is 5.09. The number of hydrogen-bond acceptors (Lipinski definition) is 11. The fraction of sp³-hybridized carbons (Fsp3) is 0.500. The summed E-state index contributed by atoms with van der Waals surface area (Å²) >= 11 is 0. The summed E-state index contributed by atoms with van der Waals surface area (Å²) < 4.78 is 36.2. The molecule has 1 amide bonds. The van der Waals surface area contributed by atoms with E-state index in [2.05, 4.69) is 4.98 Å². The van der Waals surface area contributed by atoms with Crippen molar-refractivity contribution in [1.82, 2.24) is 14.6 Å². The van der Waals surface area contributed by atoms with E-state index < -0.39 is 35.9 Å². The van der Waals surface area contributed by atoms with Crippen molar-refractivity contribution in [2.45, 2.75) is 71.2 Å². The van der Waals surface area contributed by atoms with Crippen LogP contribution in [0.25, 0.3) is 6.08 Å². The van der Waals surface area contributed by atoms with Crippen molar-refractivity contribution in [3.8, 4) is 11.5 Å². The lowest BCUT2D eigenvalue weighted by molar-refractivity contribution is -0.154. The Bertz CT molecular complexity index is 1490. The SMILES string of the molecule is [B]COn1ccnc1CN(CCOc1cc2c(c(OCOC)c1)C(=O)O[C@@H](C)C(C)=CCC(=O)C1OC(C)(C)O[C@H]1CC=C2)C([B])=O. The highest BCUT2D eigenvalue weighted by Gasteiger charge is 2.44. The lowest BCUT2D eigenvalue weighted by atomic mass is 10.00. The van der Waals surface area contributed by atoms with E-state index >= 15 is 0 Å². The summed E-state index contributed by atoms with van der Waals surface area (Å²) in [4.78, 5) is 49.7. The van der Waals surface area contributed by atoms with Crippen LogP contribution in [0.5, 0.6) is 11.5 Å². The quantitative estimate of drug-likeness (QED) is 0.154. The van der Waals surface area contributed by atoms with Crippen molar-refractivity contribution in [3.63, 3.8) is 0 Å². The maximum Gasteiger partial charge on any atom is 0.343 e. The summed E-state index contributed by atoms with van der Waals surface area (Å²) in [7, 11) is 12.5. The third kappa shape index (κ3) is 9.49. The minimum absolute atomic E-state index is 0.0329.